The Hall–Kier alpha value is -10.2. The van der Waals surface area contributed by atoms with Crippen molar-refractivity contribution in [1.29, 1.82) is 0 Å². The van der Waals surface area contributed by atoms with E-state index in [-0.39, 0.29) is 0 Å². The fraction of sp³-hybridized carbons (Fsp3) is 0. The van der Waals surface area contributed by atoms with Crippen LogP contribution in [0, 0.1) is 0 Å². The molecule has 4 nitrogen and oxygen atoms in total. The largest absolute Gasteiger partial charge is 0.356 e. The summed E-state index contributed by atoms with van der Waals surface area (Å²) in [4.78, 5) is 4.60. The third kappa shape index (κ3) is 10.4. The highest BCUT2D eigenvalue weighted by molar-refractivity contribution is 5.91. The minimum Gasteiger partial charge on any atom is -0.356 e. The molecule has 0 saturated carbocycles. The Labute approximate surface area is 446 Å². The summed E-state index contributed by atoms with van der Waals surface area (Å²) in [6.07, 6.45) is 0. The number of benzene rings is 12. The zero-order valence-electron chi connectivity index (χ0n) is 41.9. The van der Waals surface area contributed by atoms with E-state index in [1.54, 1.807) is 0 Å². The molecule has 4 heteroatoms. The summed E-state index contributed by atoms with van der Waals surface area (Å²) in [6.45, 7) is 0. The SMILES string of the molecule is c1ccc(Nc2ccc(-c3ccc(N(c4ccccc4)c4ccccc4)cc3)c(-c3ccc(-c4ccc(-c5cc(Nc6ccccc6)ccc5-c5ccc(N(c6ccccc6)c6ccccc6)cc5)cc4)cc3)c2)cc1. The second kappa shape index (κ2) is 21.9. The molecule has 0 saturated heterocycles. The van der Waals surface area contributed by atoms with Gasteiger partial charge in [0.05, 0.1) is 0 Å². The number of hydrogen-bond donors (Lipinski definition) is 2. The Morgan fingerprint density at radius 2 is 0.408 bits per heavy atom. The van der Waals surface area contributed by atoms with Crippen LogP contribution in [-0.2, 0) is 0 Å². The van der Waals surface area contributed by atoms with Crippen LogP contribution in [0.1, 0.15) is 0 Å². The van der Waals surface area contributed by atoms with Gasteiger partial charge in [-0.3, -0.25) is 0 Å². The van der Waals surface area contributed by atoms with Crippen molar-refractivity contribution in [1.82, 2.24) is 0 Å². The fourth-order valence-corrected chi connectivity index (χ4v) is 10.1. The molecule has 0 aliphatic heterocycles. The lowest BCUT2D eigenvalue weighted by molar-refractivity contribution is 1.28. The first-order valence-electron chi connectivity index (χ1n) is 25.8. The summed E-state index contributed by atoms with van der Waals surface area (Å²) in [5.41, 5.74) is 22.3. The normalized spacial score (nSPS) is 10.9. The van der Waals surface area contributed by atoms with E-state index in [1.165, 1.54) is 0 Å². The third-order valence-corrected chi connectivity index (χ3v) is 13.8. The molecule has 0 aromatic heterocycles. The van der Waals surface area contributed by atoms with Crippen molar-refractivity contribution < 1.29 is 0 Å². The van der Waals surface area contributed by atoms with E-state index in [2.05, 4.69) is 324 Å². The van der Waals surface area contributed by atoms with Gasteiger partial charge >= 0.3 is 0 Å². The maximum absolute atomic E-state index is 3.65. The molecule has 76 heavy (non-hydrogen) atoms. The lowest BCUT2D eigenvalue weighted by Crippen LogP contribution is -2.09. The Kier molecular flexibility index (Phi) is 13.5. The molecule has 12 aromatic carbocycles. The van der Waals surface area contributed by atoms with Crippen LogP contribution in [0.25, 0.3) is 55.6 Å². The van der Waals surface area contributed by atoms with E-state index >= 15 is 0 Å². The van der Waals surface area contributed by atoms with Crippen LogP contribution >= 0.6 is 0 Å². The first kappa shape index (κ1) is 46.9. The molecule has 0 radical (unpaired) electrons. The Balaban J connectivity index is 0.860. The van der Waals surface area contributed by atoms with Crippen molar-refractivity contribution in [3.8, 4) is 55.6 Å². The number of para-hydroxylation sites is 6. The molecule has 0 amide bonds. The maximum atomic E-state index is 3.65. The second-order valence-electron chi connectivity index (χ2n) is 18.8. The van der Waals surface area contributed by atoms with Crippen LogP contribution in [0.2, 0.25) is 0 Å². The molecule has 0 bridgehead atoms. The maximum Gasteiger partial charge on any atom is 0.0462 e. The number of nitrogens with zero attached hydrogens (tertiary/aromatic N) is 2. The molecule has 2 N–H and O–H groups in total. The van der Waals surface area contributed by atoms with Gasteiger partial charge in [-0.25, -0.2) is 0 Å². The second-order valence-corrected chi connectivity index (χ2v) is 18.8. The van der Waals surface area contributed by atoms with Gasteiger partial charge in [0.25, 0.3) is 0 Å². The number of hydrogen-bond acceptors (Lipinski definition) is 4. The molecule has 0 heterocycles. The molecule has 0 aliphatic rings. The van der Waals surface area contributed by atoms with Gasteiger partial charge < -0.3 is 20.4 Å². The summed E-state index contributed by atoms with van der Waals surface area (Å²) >= 11 is 0. The predicted octanol–water partition coefficient (Wildman–Crippen LogP) is 20.4. The van der Waals surface area contributed by atoms with Crippen LogP contribution in [0.15, 0.2) is 315 Å². The van der Waals surface area contributed by atoms with Crippen molar-refractivity contribution in [3.63, 3.8) is 0 Å². The summed E-state index contributed by atoms with van der Waals surface area (Å²) < 4.78 is 0. The van der Waals surface area contributed by atoms with Crippen molar-refractivity contribution in [2.24, 2.45) is 0 Å². The van der Waals surface area contributed by atoms with Crippen LogP contribution in [0.4, 0.5) is 56.9 Å². The van der Waals surface area contributed by atoms with Gasteiger partial charge in [-0.2, -0.15) is 0 Å². The van der Waals surface area contributed by atoms with E-state index in [9.17, 15) is 0 Å². The van der Waals surface area contributed by atoms with Gasteiger partial charge in [-0.1, -0.05) is 194 Å². The van der Waals surface area contributed by atoms with E-state index < -0.39 is 0 Å². The molecule has 0 atom stereocenters. The van der Waals surface area contributed by atoms with Gasteiger partial charge in [0.2, 0.25) is 0 Å². The molecule has 0 unspecified atom stereocenters. The summed E-state index contributed by atoms with van der Waals surface area (Å²) in [5, 5.41) is 7.29. The van der Waals surface area contributed by atoms with Gasteiger partial charge in [-0.15, -0.1) is 0 Å². The smallest absolute Gasteiger partial charge is 0.0462 e. The van der Waals surface area contributed by atoms with Crippen molar-refractivity contribution in [2.45, 2.75) is 0 Å². The molecule has 12 rings (SSSR count). The number of rotatable bonds is 15. The zero-order chi connectivity index (χ0) is 50.9. The highest BCUT2D eigenvalue weighted by Gasteiger charge is 2.17. The Bertz CT molecular complexity index is 3460. The van der Waals surface area contributed by atoms with Crippen LogP contribution < -0.4 is 20.4 Å². The molecule has 0 spiro atoms. The zero-order valence-corrected chi connectivity index (χ0v) is 41.9. The monoisotopic (exact) mass is 974 g/mol. The highest BCUT2D eigenvalue weighted by atomic mass is 15.1. The van der Waals surface area contributed by atoms with Gasteiger partial charge in [0.15, 0.2) is 0 Å². The first-order valence-corrected chi connectivity index (χ1v) is 25.8. The topological polar surface area (TPSA) is 30.5 Å². The molecule has 362 valence electrons. The van der Waals surface area contributed by atoms with E-state index in [1.807, 2.05) is 12.1 Å². The fourth-order valence-electron chi connectivity index (χ4n) is 10.1. The average Bonchev–Trinajstić information content (AvgIpc) is 3.51. The summed E-state index contributed by atoms with van der Waals surface area (Å²) in [7, 11) is 0. The molecular formula is C72H54N4. The lowest BCUT2D eigenvalue weighted by atomic mass is 9.91. The van der Waals surface area contributed by atoms with Crippen LogP contribution in [-0.4, -0.2) is 0 Å². The summed E-state index contributed by atoms with van der Waals surface area (Å²) in [6, 6.07) is 112. The average molecular weight is 975 g/mol. The number of nitrogens with one attached hydrogen (secondary N) is 2. The summed E-state index contributed by atoms with van der Waals surface area (Å²) in [5.74, 6) is 0. The minimum atomic E-state index is 1.03. The van der Waals surface area contributed by atoms with E-state index in [0.717, 1.165) is 113 Å². The van der Waals surface area contributed by atoms with Gasteiger partial charge in [0.1, 0.15) is 0 Å². The van der Waals surface area contributed by atoms with Crippen molar-refractivity contribution >= 4 is 56.9 Å². The van der Waals surface area contributed by atoms with E-state index in [0.29, 0.717) is 0 Å². The molecule has 0 fully saturated rings. The quantitative estimate of drug-likeness (QED) is 0.107. The van der Waals surface area contributed by atoms with Gasteiger partial charge in [-0.05, 0) is 177 Å². The standard InChI is InChI=1S/C72H54N4/c1-7-19-59(20-8-1)73-61-43-49-69(55-39-45-67(46-40-55)75(63-23-11-3-12-24-63)64-25-13-4-14-26-64)71(51-61)57-35-31-53(32-36-57)54-33-37-58(38-34-54)72-52-62(74-60-21-9-2-10-22-60)44-50-70(72)56-41-47-68(48-42-56)76(65-27-15-5-16-28-65)66-29-17-6-18-30-66/h1-52,73-74H. The first-order chi connectivity index (χ1) is 37.7. The van der Waals surface area contributed by atoms with Crippen molar-refractivity contribution in [3.05, 3.63) is 315 Å². The number of anilines is 10. The van der Waals surface area contributed by atoms with Crippen LogP contribution in [0.3, 0.4) is 0 Å². The Morgan fingerprint density at radius 1 is 0.171 bits per heavy atom. The lowest BCUT2D eigenvalue weighted by Gasteiger charge is -2.25. The predicted molar refractivity (Wildman–Crippen MR) is 322 cm³/mol. The highest BCUT2D eigenvalue weighted by Crippen LogP contribution is 2.42. The van der Waals surface area contributed by atoms with E-state index in [4.69, 9.17) is 0 Å². The molecular weight excluding hydrogens is 921 g/mol. The molecule has 12 aromatic rings. The molecule has 0 aliphatic carbocycles. The Morgan fingerprint density at radius 3 is 0.711 bits per heavy atom. The minimum absolute atomic E-state index is 1.03. The van der Waals surface area contributed by atoms with Crippen LogP contribution in [0.5, 0.6) is 0 Å². The van der Waals surface area contributed by atoms with Gasteiger partial charge in [0, 0.05) is 56.9 Å². The third-order valence-electron chi connectivity index (χ3n) is 13.8. The van der Waals surface area contributed by atoms with Crippen molar-refractivity contribution in [2.75, 3.05) is 20.4 Å².